The Labute approximate surface area is 128 Å². The molecule has 0 aromatic carbocycles. The molecule has 1 aromatic rings. The van der Waals surface area contributed by atoms with Gasteiger partial charge in [0.1, 0.15) is 18.0 Å². The molecule has 1 saturated heterocycles. The third kappa shape index (κ3) is 4.06. The van der Waals surface area contributed by atoms with Gasteiger partial charge in [0, 0.05) is 32.3 Å². The van der Waals surface area contributed by atoms with E-state index in [0.717, 1.165) is 63.4 Å². The van der Waals surface area contributed by atoms with Crippen molar-refractivity contribution < 1.29 is 4.74 Å². The summed E-state index contributed by atoms with van der Waals surface area (Å²) in [5.74, 6) is 2.12. The van der Waals surface area contributed by atoms with Gasteiger partial charge in [0.05, 0.1) is 6.10 Å². The van der Waals surface area contributed by atoms with Gasteiger partial charge in [-0.2, -0.15) is 0 Å². The summed E-state index contributed by atoms with van der Waals surface area (Å²) in [5, 5.41) is 3.44. The Morgan fingerprint density at radius 1 is 1.24 bits per heavy atom. The lowest BCUT2D eigenvalue weighted by atomic mass is 10.1. The maximum atomic E-state index is 5.46. The molecule has 2 rings (SSSR count). The van der Waals surface area contributed by atoms with E-state index in [1.54, 1.807) is 13.4 Å². The molecule has 1 aromatic heterocycles. The molecule has 1 aliphatic heterocycles. The molecular weight excluding hydrogens is 264 g/mol. The van der Waals surface area contributed by atoms with Gasteiger partial charge in [0.25, 0.3) is 0 Å². The molecule has 0 saturated carbocycles. The van der Waals surface area contributed by atoms with Crippen molar-refractivity contribution in [1.82, 2.24) is 9.97 Å². The van der Waals surface area contributed by atoms with Crippen molar-refractivity contribution in [3.8, 4) is 0 Å². The van der Waals surface area contributed by atoms with Crippen LogP contribution in [0.2, 0.25) is 0 Å². The molecule has 1 fully saturated rings. The van der Waals surface area contributed by atoms with Crippen LogP contribution in [0.5, 0.6) is 0 Å². The second-order valence-corrected chi connectivity index (χ2v) is 5.62. The molecule has 1 N–H and O–H groups in total. The minimum Gasteiger partial charge on any atom is -0.381 e. The summed E-state index contributed by atoms with van der Waals surface area (Å²) < 4.78 is 5.46. The fourth-order valence-electron chi connectivity index (χ4n) is 2.85. The minimum atomic E-state index is 0.399. The standard InChI is InChI=1S/C16H28N4O/c1-4-6-14-15(17-9-5-2)18-12-19-16(14)20-10-7-13(21-3)8-11-20/h12-13H,4-11H2,1-3H3,(H,17,18,19). The van der Waals surface area contributed by atoms with Crippen molar-refractivity contribution in [2.24, 2.45) is 0 Å². The third-order valence-electron chi connectivity index (χ3n) is 4.04. The topological polar surface area (TPSA) is 50.3 Å². The lowest BCUT2D eigenvalue weighted by Gasteiger charge is -2.33. The molecular formula is C16H28N4O. The Bertz CT molecular complexity index is 430. The van der Waals surface area contributed by atoms with Crippen LogP contribution in [-0.4, -0.2) is 42.8 Å². The zero-order chi connectivity index (χ0) is 15.1. The van der Waals surface area contributed by atoms with Crippen LogP contribution >= 0.6 is 0 Å². The number of hydrogen-bond donors (Lipinski definition) is 1. The van der Waals surface area contributed by atoms with E-state index in [1.807, 2.05) is 0 Å². The van der Waals surface area contributed by atoms with Crippen LogP contribution in [0.25, 0.3) is 0 Å². The number of anilines is 2. The van der Waals surface area contributed by atoms with Gasteiger partial charge in [-0.05, 0) is 25.7 Å². The first kappa shape index (κ1) is 16.0. The highest BCUT2D eigenvalue weighted by Crippen LogP contribution is 2.27. The molecule has 0 unspecified atom stereocenters. The summed E-state index contributed by atoms with van der Waals surface area (Å²) in [4.78, 5) is 11.4. The summed E-state index contributed by atoms with van der Waals surface area (Å²) in [7, 11) is 1.81. The number of methoxy groups -OCH3 is 1. The number of ether oxygens (including phenoxy) is 1. The average Bonchev–Trinajstić information content (AvgIpc) is 2.54. The first-order valence-corrected chi connectivity index (χ1v) is 8.15. The third-order valence-corrected chi connectivity index (χ3v) is 4.04. The van der Waals surface area contributed by atoms with E-state index in [-0.39, 0.29) is 0 Å². The minimum absolute atomic E-state index is 0.399. The fourth-order valence-corrected chi connectivity index (χ4v) is 2.85. The Morgan fingerprint density at radius 3 is 2.62 bits per heavy atom. The van der Waals surface area contributed by atoms with Crippen molar-refractivity contribution in [3.05, 3.63) is 11.9 Å². The molecule has 118 valence electrons. The Hall–Kier alpha value is -1.36. The van der Waals surface area contributed by atoms with Gasteiger partial charge in [-0.25, -0.2) is 9.97 Å². The van der Waals surface area contributed by atoms with E-state index < -0.39 is 0 Å². The number of nitrogens with one attached hydrogen (secondary N) is 1. The van der Waals surface area contributed by atoms with Crippen molar-refractivity contribution in [3.63, 3.8) is 0 Å². The molecule has 21 heavy (non-hydrogen) atoms. The monoisotopic (exact) mass is 292 g/mol. The summed E-state index contributed by atoms with van der Waals surface area (Å²) in [6.45, 7) is 7.36. The molecule has 5 nitrogen and oxygen atoms in total. The van der Waals surface area contributed by atoms with Crippen LogP contribution < -0.4 is 10.2 Å². The number of nitrogens with zero attached hydrogens (tertiary/aromatic N) is 3. The maximum absolute atomic E-state index is 5.46. The number of rotatable bonds is 7. The van der Waals surface area contributed by atoms with E-state index in [1.165, 1.54) is 5.56 Å². The summed E-state index contributed by atoms with van der Waals surface area (Å²) in [6.07, 6.45) is 7.46. The summed E-state index contributed by atoms with van der Waals surface area (Å²) in [5.41, 5.74) is 1.27. The van der Waals surface area contributed by atoms with E-state index in [0.29, 0.717) is 6.10 Å². The van der Waals surface area contributed by atoms with Crippen molar-refractivity contribution in [2.75, 3.05) is 37.0 Å². The largest absolute Gasteiger partial charge is 0.381 e. The zero-order valence-corrected chi connectivity index (χ0v) is 13.6. The highest BCUT2D eigenvalue weighted by molar-refractivity contribution is 5.59. The second-order valence-electron chi connectivity index (χ2n) is 5.62. The maximum Gasteiger partial charge on any atom is 0.137 e. The van der Waals surface area contributed by atoms with Crippen LogP contribution in [0.1, 0.15) is 45.1 Å². The molecule has 1 aliphatic rings. The van der Waals surface area contributed by atoms with E-state index in [2.05, 4.69) is 34.0 Å². The fraction of sp³-hybridized carbons (Fsp3) is 0.750. The molecule has 0 spiro atoms. The number of aromatic nitrogens is 2. The van der Waals surface area contributed by atoms with Crippen molar-refractivity contribution in [2.45, 2.75) is 52.1 Å². The van der Waals surface area contributed by atoms with E-state index >= 15 is 0 Å². The van der Waals surface area contributed by atoms with Crippen molar-refractivity contribution >= 4 is 11.6 Å². The van der Waals surface area contributed by atoms with Crippen LogP contribution in [0.3, 0.4) is 0 Å². The second kappa shape index (κ2) is 8.17. The van der Waals surface area contributed by atoms with E-state index in [4.69, 9.17) is 4.74 Å². The van der Waals surface area contributed by atoms with Gasteiger partial charge in [-0.3, -0.25) is 0 Å². The van der Waals surface area contributed by atoms with Gasteiger partial charge < -0.3 is 15.0 Å². The van der Waals surface area contributed by atoms with Gasteiger partial charge >= 0.3 is 0 Å². The quantitative estimate of drug-likeness (QED) is 0.837. The smallest absolute Gasteiger partial charge is 0.137 e. The first-order chi connectivity index (χ1) is 10.3. The Balaban J connectivity index is 2.17. The number of piperidine rings is 1. The van der Waals surface area contributed by atoms with Crippen LogP contribution in [0, 0.1) is 0 Å². The molecule has 0 radical (unpaired) electrons. The molecule has 2 heterocycles. The van der Waals surface area contributed by atoms with Crippen LogP contribution in [-0.2, 0) is 11.2 Å². The van der Waals surface area contributed by atoms with Gasteiger partial charge in [-0.15, -0.1) is 0 Å². The lowest BCUT2D eigenvalue weighted by molar-refractivity contribution is 0.0817. The molecule has 5 heteroatoms. The average molecular weight is 292 g/mol. The molecule has 0 bridgehead atoms. The predicted molar refractivity (Wildman–Crippen MR) is 87.1 cm³/mol. The summed E-state index contributed by atoms with van der Waals surface area (Å²) in [6, 6.07) is 0. The van der Waals surface area contributed by atoms with Crippen molar-refractivity contribution in [1.29, 1.82) is 0 Å². The molecule has 0 amide bonds. The summed E-state index contributed by atoms with van der Waals surface area (Å²) >= 11 is 0. The van der Waals surface area contributed by atoms with Crippen LogP contribution in [0.15, 0.2) is 6.33 Å². The highest BCUT2D eigenvalue weighted by atomic mass is 16.5. The highest BCUT2D eigenvalue weighted by Gasteiger charge is 2.23. The Morgan fingerprint density at radius 2 is 2.00 bits per heavy atom. The number of hydrogen-bond acceptors (Lipinski definition) is 5. The van der Waals surface area contributed by atoms with E-state index in [9.17, 15) is 0 Å². The van der Waals surface area contributed by atoms with Gasteiger partial charge in [0.15, 0.2) is 0 Å². The first-order valence-electron chi connectivity index (χ1n) is 8.15. The predicted octanol–water partition coefficient (Wildman–Crippen LogP) is 2.87. The molecule has 0 atom stereocenters. The normalized spacial score (nSPS) is 16.2. The zero-order valence-electron chi connectivity index (χ0n) is 13.6. The lowest BCUT2D eigenvalue weighted by Crippen LogP contribution is -2.37. The Kier molecular flexibility index (Phi) is 6.23. The van der Waals surface area contributed by atoms with Gasteiger partial charge in [0.2, 0.25) is 0 Å². The SMILES string of the molecule is CCCNc1ncnc(N2CCC(OC)CC2)c1CCC. The van der Waals surface area contributed by atoms with Gasteiger partial charge in [-0.1, -0.05) is 20.3 Å². The molecule has 0 aliphatic carbocycles. The van der Waals surface area contributed by atoms with Crippen LogP contribution in [0.4, 0.5) is 11.6 Å².